The van der Waals surface area contributed by atoms with Crippen LogP contribution in [0.2, 0.25) is 0 Å². The lowest BCUT2D eigenvalue weighted by Crippen LogP contribution is -2.29. The van der Waals surface area contributed by atoms with E-state index in [1.807, 2.05) is 23.9 Å². The molecule has 0 bridgehead atoms. The molecule has 0 aliphatic heterocycles. The Morgan fingerprint density at radius 1 is 1.14 bits per heavy atom. The maximum Gasteiger partial charge on any atom is 0.118 e. The van der Waals surface area contributed by atoms with Crippen LogP contribution in [-0.2, 0) is 0 Å². The van der Waals surface area contributed by atoms with Crippen molar-refractivity contribution >= 4 is 11.8 Å². The predicted octanol–water partition coefficient (Wildman–Crippen LogP) is 3.55. The number of hydrogen-bond acceptors (Lipinski definition) is 4. The summed E-state index contributed by atoms with van der Waals surface area (Å²) in [6.45, 7) is 9.95. The van der Waals surface area contributed by atoms with Crippen LogP contribution in [0, 0.1) is 0 Å². The Bertz CT molecular complexity index is 379. The Morgan fingerprint density at radius 3 is 2.24 bits per heavy atom. The number of nitrogens with zero attached hydrogens (tertiary/aromatic N) is 1. The highest BCUT2D eigenvalue weighted by Crippen LogP contribution is 2.33. The maximum atomic E-state index is 6.34. The Kier molecular flexibility index (Phi) is 8.81. The summed E-state index contributed by atoms with van der Waals surface area (Å²) in [5.41, 5.74) is 7.64. The lowest BCUT2D eigenvalue weighted by Gasteiger charge is -2.25. The van der Waals surface area contributed by atoms with Crippen molar-refractivity contribution in [2.45, 2.75) is 38.5 Å². The minimum absolute atomic E-state index is 0.195. The van der Waals surface area contributed by atoms with E-state index in [0.717, 1.165) is 37.6 Å². The Labute approximate surface area is 134 Å². The van der Waals surface area contributed by atoms with Crippen molar-refractivity contribution < 1.29 is 4.74 Å². The molecule has 0 fully saturated rings. The van der Waals surface area contributed by atoms with Crippen LogP contribution in [0.3, 0.4) is 0 Å². The predicted molar refractivity (Wildman–Crippen MR) is 94.2 cm³/mol. The topological polar surface area (TPSA) is 38.5 Å². The van der Waals surface area contributed by atoms with Gasteiger partial charge in [-0.1, -0.05) is 32.9 Å². The van der Waals surface area contributed by atoms with Crippen molar-refractivity contribution in [2.75, 3.05) is 32.5 Å². The smallest absolute Gasteiger partial charge is 0.118 e. The minimum atomic E-state index is 0.195. The second-order valence-electron chi connectivity index (χ2n) is 5.16. The summed E-state index contributed by atoms with van der Waals surface area (Å²) < 4.78 is 5.23. The molecule has 4 heteroatoms. The molecule has 0 spiro atoms. The van der Waals surface area contributed by atoms with Gasteiger partial charge < -0.3 is 15.4 Å². The van der Waals surface area contributed by atoms with E-state index in [9.17, 15) is 0 Å². The molecule has 1 aromatic rings. The number of thioether (sulfide) groups is 1. The van der Waals surface area contributed by atoms with Gasteiger partial charge in [-0.2, -0.15) is 11.8 Å². The van der Waals surface area contributed by atoms with Crippen LogP contribution in [0.1, 0.15) is 38.0 Å². The highest BCUT2D eigenvalue weighted by atomic mass is 32.2. The summed E-state index contributed by atoms with van der Waals surface area (Å²) in [4.78, 5) is 2.45. The molecule has 0 saturated carbocycles. The van der Waals surface area contributed by atoms with Gasteiger partial charge in [-0.05, 0) is 37.2 Å². The molecule has 0 aromatic heterocycles. The first-order chi connectivity index (χ1) is 10.2. The lowest BCUT2D eigenvalue weighted by molar-refractivity contribution is 0.323. The van der Waals surface area contributed by atoms with Gasteiger partial charge >= 0.3 is 0 Å². The van der Waals surface area contributed by atoms with Crippen LogP contribution >= 0.6 is 11.8 Å². The van der Waals surface area contributed by atoms with Crippen molar-refractivity contribution in [3.05, 3.63) is 29.8 Å². The first-order valence-electron chi connectivity index (χ1n) is 7.89. The zero-order valence-corrected chi connectivity index (χ0v) is 14.7. The average molecular weight is 311 g/mol. The molecule has 2 atom stereocenters. The van der Waals surface area contributed by atoms with Crippen molar-refractivity contribution in [1.29, 1.82) is 0 Å². The lowest BCUT2D eigenvalue weighted by atomic mass is 10.0. The molecule has 120 valence electrons. The summed E-state index contributed by atoms with van der Waals surface area (Å²) in [5.74, 6) is 2.02. The van der Waals surface area contributed by atoms with Crippen molar-refractivity contribution in [1.82, 2.24) is 4.90 Å². The van der Waals surface area contributed by atoms with Gasteiger partial charge in [0.1, 0.15) is 5.75 Å². The molecule has 0 radical (unpaired) electrons. The Morgan fingerprint density at radius 2 is 1.76 bits per heavy atom. The van der Waals surface area contributed by atoms with Gasteiger partial charge in [-0.3, -0.25) is 0 Å². The molecule has 3 nitrogen and oxygen atoms in total. The zero-order chi connectivity index (χ0) is 15.7. The number of ether oxygens (including phenoxy) is 1. The van der Waals surface area contributed by atoms with Crippen LogP contribution in [0.25, 0.3) is 0 Å². The van der Waals surface area contributed by atoms with Gasteiger partial charge in [0.05, 0.1) is 7.11 Å². The van der Waals surface area contributed by atoms with Gasteiger partial charge in [-0.15, -0.1) is 0 Å². The molecule has 0 saturated heterocycles. The van der Waals surface area contributed by atoms with E-state index in [0.29, 0.717) is 5.25 Å². The first-order valence-corrected chi connectivity index (χ1v) is 8.94. The van der Waals surface area contributed by atoms with E-state index in [-0.39, 0.29) is 6.04 Å². The Hall–Kier alpha value is -0.710. The molecule has 0 heterocycles. The number of benzene rings is 1. The minimum Gasteiger partial charge on any atom is -0.497 e. The molecular weight excluding hydrogens is 280 g/mol. The summed E-state index contributed by atoms with van der Waals surface area (Å²) in [5, 5.41) is 0.358. The molecule has 0 aliphatic carbocycles. The fourth-order valence-electron chi connectivity index (χ4n) is 2.32. The third kappa shape index (κ3) is 5.89. The third-order valence-electron chi connectivity index (χ3n) is 3.90. The highest BCUT2D eigenvalue weighted by Gasteiger charge is 2.19. The van der Waals surface area contributed by atoms with Crippen molar-refractivity contribution in [3.8, 4) is 5.75 Å². The SMILES string of the molecule is CCC(N)C(SCCN(CC)CC)c1ccc(OC)cc1. The van der Waals surface area contributed by atoms with Gasteiger partial charge in [0.15, 0.2) is 0 Å². The second-order valence-corrected chi connectivity index (χ2v) is 6.41. The van der Waals surface area contributed by atoms with Gasteiger partial charge in [0.2, 0.25) is 0 Å². The normalized spacial score (nSPS) is 14.2. The molecule has 21 heavy (non-hydrogen) atoms. The quantitative estimate of drug-likeness (QED) is 0.717. The number of methoxy groups -OCH3 is 1. The van der Waals surface area contributed by atoms with E-state index >= 15 is 0 Å². The fourth-order valence-corrected chi connectivity index (χ4v) is 3.73. The molecular formula is C17H30N2OS. The molecule has 1 rings (SSSR count). The number of hydrogen-bond donors (Lipinski definition) is 1. The van der Waals surface area contributed by atoms with Crippen LogP contribution in [0.4, 0.5) is 0 Å². The van der Waals surface area contributed by atoms with E-state index in [1.54, 1.807) is 7.11 Å². The summed E-state index contributed by atoms with van der Waals surface area (Å²) in [6, 6.07) is 8.53. The second kappa shape index (κ2) is 10.1. The standard InChI is InChI=1S/C17H30N2OS/c1-5-16(18)17(21-13-12-19(6-2)7-3)14-8-10-15(20-4)11-9-14/h8-11,16-17H,5-7,12-13,18H2,1-4H3. The third-order valence-corrected chi connectivity index (χ3v) is 5.30. The summed E-state index contributed by atoms with van der Waals surface area (Å²) in [7, 11) is 1.70. The van der Waals surface area contributed by atoms with E-state index in [2.05, 4.69) is 37.8 Å². The summed E-state index contributed by atoms with van der Waals surface area (Å²) >= 11 is 1.97. The van der Waals surface area contributed by atoms with Gasteiger partial charge in [-0.25, -0.2) is 0 Å². The van der Waals surface area contributed by atoms with E-state index in [1.165, 1.54) is 5.56 Å². The maximum absolute atomic E-state index is 6.34. The molecule has 2 N–H and O–H groups in total. The monoisotopic (exact) mass is 310 g/mol. The van der Waals surface area contributed by atoms with Crippen LogP contribution in [-0.4, -0.2) is 43.4 Å². The van der Waals surface area contributed by atoms with Crippen LogP contribution in [0.15, 0.2) is 24.3 Å². The zero-order valence-electron chi connectivity index (χ0n) is 13.8. The first kappa shape index (κ1) is 18.3. The van der Waals surface area contributed by atoms with Crippen molar-refractivity contribution in [3.63, 3.8) is 0 Å². The number of rotatable bonds is 10. The van der Waals surface area contributed by atoms with E-state index < -0.39 is 0 Å². The van der Waals surface area contributed by atoms with Crippen LogP contribution in [0.5, 0.6) is 5.75 Å². The summed E-state index contributed by atoms with van der Waals surface area (Å²) in [6.07, 6.45) is 0.995. The van der Waals surface area contributed by atoms with Gasteiger partial charge in [0.25, 0.3) is 0 Å². The molecule has 0 aliphatic rings. The van der Waals surface area contributed by atoms with Crippen molar-refractivity contribution in [2.24, 2.45) is 5.73 Å². The van der Waals surface area contributed by atoms with Gasteiger partial charge in [0, 0.05) is 23.6 Å². The Balaban J connectivity index is 2.66. The molecule has 2 unspecified atom stereocenters. The molecule has 1 aromatic carbocycles. The largest absolute Gasteiger partial charge is 0.497 e. The average Bonchev–Trinajstić information content (AvgIpc) is 2.54. The number of nitrogens with two attached hydrogens (primary N) is 1. The highest BCUT2D eigenvalue weighted by molar-refractivity contribution is 7.99. The molecule has 0 amide bonds. The van der Waals surface area contributed by atoms with E-state index in [4.69, 9.17) is 10.5 Å². The fraction of sp³-hybridized carbons (Fsp3) is 0.647. The van der Waals surface area contributed by atoms with Crippen LogP contribution < -0.4 is 10.5 Å².